The fraction of sp³-hybridized carbons (Fsp3) is 0.364. The Labute approximate surface area is 168 Å². The average molecular weight is 398 g/mol. The third-order valence-corrected chi connectivity index (χ3v) is 5.20. The molecule has 29 heavy (non-hydrogen) atoms. The number of rotatable bonds is 5. The highest BCUT2D eigenvalue weighted by molar-refractivity contribution is 6.01. The van der Waals surface area contributed by atoms with Crippen molar-refractivity contribution in [3.05, 3.63) is 52.8 Å². The molecule has 6 nitrogen and oxygen atoms in total. The highest BCUT2D eigenvalue weighted by atomic mass is 19.1. The molecule has 2 amide bonds. The van der Waals surface area contributed by atoms with E-state index in [0.717, 1.165) is 23.3 Å². The van der Waals surface area contributed by atoms with Crippen LogP contribution in [0.4, 0.5) is 10.1 Å². The first-order valence-electron chi connectivity index (χ1n) is 9.77. The van der Waals surface area contributed by atoms with E-state index in [0.29, 0.717) is 23.6 Å². The maximum atomic E-state index is 13.5. The first-order valence-corrected chi connectivity index (χ1v) is 9.77. The largest absolute Gasteiger partial charge is 0.494 e. The van der Waals surface area contributed by atoms with E-state index in [9.17, 15) is 14.0 Å². The summed E-state index contributed by atoms with van der Waals surface area (Å²) in [6.45, 7) is 4.67. The summed E-state index contributed by atoms with van der Waals surface area (Å²) in [6.07, 6.45) is 0.960. The van der Waals surface area contributed by atoms with Crippen molar-refractivity contribution < 1.29 is 23.5 Å². The SMILES string of the molecule is CCOc1cc2c(cc1CNC(=O)[C@@H]1CC(=O)Nc3cc(F)ccc31)O[C@@H](C)C2. The van der Waals surface area contributed by atoms with Gasteiger partial charge < -0.3 is 20.1 Å². The molecule has 0 saturated carbocycles. The van der Waals surface area contributed by atoms with Gasteiger partial charge in [0.1, 0.15) is 23.4 Å². The summed E-state index contributed by atoms with van der Waals surface area (Å²) < 4.78 is 25.1. The van der Waals surface area contributed by atoms with Crippen LogP contribution >= 0.6 is 0 Å². The predicted octanol–water partition coefficient (Wildman–Crippen LogP) is 3.29. The topological polar surface area (TPSA) is 76.7 Å². The van der Waals surface area contributed by atoms with Crippen molar-refractivity contribution in [2.45, 2.75) is 45.3 Å². The maximum Gasteiger partial charge on any atom is 0.228 e. The Kier molecular flexibility index (Phi) is 5.13. The van der Waals surface area contributed by atoms with Crippen LogP contribution in [0.2, 0.25) is 0 Å². The summed E-state index contributed by atoms with van der Waals surface area (Å²) in [5.41, 5.74) is 2.86. The Morgan fingerprint density at radius 1 is 1.31 bits per heavy atom. The van der Waals surface area contributed by atoms with Crippen LogP contribution in [0.5, 0.6) is 11.5 Å². The molecular weight excluding hydrogens is 375 g/mol. The summed E-state index contributed by atoms with van der Waals surface area (Å²) in [4.78, 5) is 24.8. The minimum absolute atomic E-state index is 0.0214. The quantitative estimate of drug-likeness (QED) is 0.810. The number of amides is 2. The number of anilines is 1. The van der Waals surface area contributed by atoms with Crippen LogP contribution in [0.25, 0.3) is 0 Å². The normalized spacial score (nSPS) is 19.6. The lowest BCUT2D eigenvalue weighted by molar-refractivity contribution is -0.126. The Bertz CT molecular complexity index is 976. The Morgan fingerprint density at radius 2 is 2.14 bits per heavy atom. The van der Waals surface area contributed by atoms with Gasteiger partial charge >= 0.3 is 0 Å². The van der Waals surface area contributed by atoms with E-state index in [-0.39, 0.29) is 30.9 Å². The number of carbonyl (C=O) groups is 2. The Morgan fingerprint density at radius 3 is 2.93 bits per heavy atom. The van der Waals surface area contributed by atoms with Crippen LogP contribution in [0.15, 0.2) is 30.3 Å². The lowest BCUT2D eigenvalue weighted by atomic mass is 9.89. The standard InChI is InChI=1S/C22H23FN2O4/c1-3-28-19-7-13-6-12(2)29-20(13)8-14(19)11-24-22(27)17-10-21(26)25-18-9-15(23)4-5-16(17)18/h4-5,7-9,12,17H,3,6,10-11H2,1-2H3,(H,24,27)(H,25,26)/t12-,17+/m0/s1. The van der Waals surface area contributed by atoms with Gasteiger partial charge in [-0.1, -0.05) is 6.07 Å². The van der Waals surface area contributed by atoms with Gasteiger partial charge in [0.2, 0.25) is 11.8 Å². The van der Waals surface area contributed by atoms with Gasteiger partial charge in [-0.15, -0.1) is 0 Å². The first-order chi connectivity index (χ1) is 13.9. The summed E-state index contributed by atoms with van der Waals surface area (Å²) in [6, 6.07) is 7.95. The summed E-state index contributed by atoms with van der Waals surface area (Å²) in [7, 11) is 0. The van der Waals surface area contributed by atoms with Crippen molar-refractivity contribution in [2.75, 3.05) is 11.9 Å². The third-order valence-electron chi connectivity index (χ3n) is 5.20. The van der Waals surface area contributed by atoms with Crippen LogP contribution in [-0.4, -0.2) is 24.5 Å². The van der Waals surface area contributed by atoms with Crippen LogP contribution in [-0.2, 0) is 22.6 Å². The molecule has 2 aromatic rings. The van der Waals surface area contributed by atoms with Crippen LogP contribution in [0, 0.1) is 5.82 Å². The molecule has 0 radical (unpaired) electrons. The summed E-state index contributed by atoms with van der Waals surface area (Å²) in [5, 5.41) is 5.52. The molecule has 0 aliphatic carbocycles. The molecule has 2 heterocycles. The maximum absolute atomic E-state index is 13.5. The number of ether oxygens (including phenoxy) is 2. The number of benzene rings is 2. The molecule has 0 spiro atoms. The average Bonchev–Trinajstić information content (AvgIpc) is 3.04. The van der Waals surface area contributed by atoms with E-state index < -0.39 is 11.7 Å². The summed E-state index contributed by atoms with van der Waals surface area (Å²) >= 11 is 0. The van der Waals surface area contributed by atoms with Crippen molar-refractivity contribution in [1.82, 2.24) is 5.32 Å². The minimum Gasteiger partial charge on any atom is -0.494 e. The van der Waals surface area contributed by atoms with Crippen molar-refractivity contribution >= 4 is 17.5 Å². The van der Waals surface area contributed by atoms with Gasteiger partial charge in [-0.25, -0.2) is 4.39 Å². The van der Waals surface area contributed by atoms with E-state index in [1.54, 1.807) is 6.07 Å². The smallest absolute Gasteiger partial charge is 0.228 e. The molecule has 0 saturated heterocycles. The molecule has 0 unspecified atom stereocenters. The number of hydrogen-bond acceptors (Lipinski definition) is 4. The van der Waals surface area contributed by atoms with E-state index in [2.05, 4.69) is 10.6 Å². The van der Waals surface area contributed by atoms with E-state index in [1.165, 1.54) is 12.1 Å². The zero-order valence-electron chi connectivity index (χ0n) is 16.4. The summed E-state index contributed by atoms with van der Waals surface area (Å²) in [5.74, 6) is -0.196. The van der Waals surface area contributed by atoms with Gasteiger partial charge in [0.05, 0.1) is 12.5 Å². The van der Waals surface area contributed by atoms with E-state index in [4.69, 9.17) is 9.47 Å². The molecule has 0 aromatic heterocycles. The van der Waals surface area contributed by atoms with Gasteiger partial charge in [0, 0.05) is 36.2 Å². The van der Waals surface area contributed by atoms with Gasteiger partial charge in [-0.3, -0.25) is 9.59 Å². The van der Waals surface area contributed by atoms with Crippen LogP contribution in [0.3, 0.4) is 0 Å². The van der Waals surface area contributed by atoms with Crippen molar-refractivity contribution in [1.29, 1.82) is 0 Å². The molecule has 2 N–H and O–H groups in total. The minimum atomic E-state index is -0.666. The second-order valence-electron chi connectivity index (χ2n) is 7.39. The molecule has 2 aromatic carbocycles. The Balaban J connectivity index is 1.53. The van der Waals surface area contributed by atoms with Crippen molar-refractivity contribution in [3.8, 4) is 11.5 Å². The van der Waals surface area contributed by atoms with Crippen molar-refractivity contribution in [2.24, 2.45) is 0 Å². The van der Waals surface area contributed by atoms with E-state index >= 15 is 0 Å². The molecule has 152 valence electrons. The number of fused-ring (bicyclic) bond motifs is 2. The van der Waals surface area contributed by atoms with Gasteiger partial charge in [0.25, 0.3) is 0 Å². The second-order valence-corrected chi connectivity index (χ2v) is 7.39. The lowest BCUT2D eigenvalue weighted by Gasteiger charge is -2.25. The lowest BCUT2D eigenvalue weighted by Crippen LogP contribution is -2.34. The molecule has 2 aliphatic rings. The molecule has 2 atom stereocenters. The molecule has 7 heteroatoms. The molecular formula is C22H23FN2O4. The predicted molar refractivity (Wildman–Crippen MR) is 106 cm³/mol. The molecule has 2 aliphatic heterocycles. The third kappa shape index (κ3) is 3.90. The number of nitrogens with one attached hydrogen (secondary N) is 2. The number of halogens is 1. The monoisotopic (exact) mass is 398 g/mol. The Hall–Kier alpha value is -3.09. The van der Waals surface area contributed by atoms with Crippen LogP contribution in [0.1, 0.15) is 42.9 Å². The number of hydrogen-bond donors (Lipinski definition) is 2. The second kappa shape index (κ2) is 7.73. The fourth-order valence-electron chi connectivity index (χ4n) is 3.89. The van der Waals surface area contributed by atoms with E-state index in [1.807, 2.05) is 26.0 Å². The fourth-order valence-corrected chi connectivity index (χ4v) is 3.89. The highest BCUT2D eigenvalue weighted by Crippen LogP contribution is 2.36. The highest BCUT2D eigenvalue weighted by Gasteiger charge is 2.31. The zero-order valence-corrected chi connectivity index (χ0v) is 16.4. The van der Waals surface area contributed by atoms with Gasteiger partial charge in [0.15, 0.2) is 0 Å². The van der Waals surface area contributed by atoms with Gasteiger partial charge in [-0.05, 0) is 43.7 Å². The molecule has 4 rings (SSSR count). The zero-order chi connectivity index (χ0) is 20.5. The van der Waals surface area contributed by atoms with Gasteiger partial charge in [-0.2, -0.15) is 0 Å². The van der Waals surface area contributed by atoms with Crippen molar-refractivity contribution in [3.63, 3.8) is 0 Å². The first kappa shape index (κ1) is 19.2. The number of carbonyl (C=O) groups excluding carboxylic acids is 2. The molecule has 0 bridgehead atoms. The molecule has 0 fully saturated rings. The van der Waals surface area contributed by atoms with Crippen LogP contribution < -0.4 is 20.1 Å².